The molecule has 0 spiro atoms. The molecule has 2 unspecified atom stereocenters. The SMILES string of the molecule is CC(O)Cc1cnc(C2CCSC2)o1. The van der Waals surface area contributed by atoms with Crippen molar-refractivity contribution in [1.82, 2.24) is 4.98 Å². The molecule has 0 aromatic carbocycles. The summed E-state index contributed by atoms with van der Waals surface area (Å²) < 4.78 is 5.59. The first-order chi connectivity index (χ1) is 6.75. The van der Waals surface area contributed by atoms with Crippen LogP contribution in [0.25, 0.3) is 0 Å². The Bertz CT molecular complexity index is 292. The Labute approximate surface area is 87.9 Å². The first-order valence-electron chi connectivity index (χ1n) is 4.96. The maximum atomic E-state index is 9.19. The van der Waals surface area contributed by atoms with E-state index in [1.165, 1.54) is 12.2 Å². The fourth-order valence-corrected chi connectivity index (χ4v) is 2.84. The lowest BCUT2D eigenvalue weighted by atomic mass is 10.1. The van der Waals surface area contributed by atoms with E-state index >= 15 is 0 Å². The van der Waals surface area contributed by atoms with E-state index in [2.05, 4.69) is 4.98 Å². The molecule has 1 fully saturated rings. The molecule has 1 saturated heterocycles. The van der Waals surface area contributed by atoms with Crippen LogP contribution in [-0.4, -0.2) is 27.7 Å². The van der Waals surface area contributed by atoms with Gasteiger partial charge in [-0.25, -0.2) is 4.98 Å². The highest BCUT2D eigenvalue weighted by atomic mass is 32.2. The van der Waals surface area contributed by atoms with Crippen LogP contribution in [0.3, 0.4) is 0 Å². The van der Waals surface area contributed by atoms with E-state index in [0.29, 0.717) is 12.3 Å². The number of thioether (sulfide) groups is 1. The molecule has 0 saturated carbocycles. The molecule has 78 valence electrons. The molecule has 4 heteroatoms. The van der Waals surface area contributed by atoms with Gasteiger partial charge in [0.15, 0.2) is 5.89 Å². The van der Waals surface area contributed by atoms with Gasteiger partial charge in [-0.15, -0.1) is 0 Å². The van der Waals surface area contributed by atoms with E-state index in [1.54, 1.807) is 13.1 Å². The molecule has 0 radical (unpaired) electrons. The minimum absolute atomic E-state index is 0.353. The molecular formula is C10H15NO2S. The normalized spacial score (nSPS) is 24.0. The van der Waals surface area contributed by atoms with Crippen molar-refractivity contribution < 1.29 is 9.52 Å². The van der Waals surface area contributed by atoms with Gasteiger partial charge in [-0.1, -0.05) is 0 Å². The zero-order valence-corrected chi connectivity index (χ0v) is 9.09. The Morgan fingerprint density at radius 1 is 1.79 bits per heavy atom. The zero-order valence-electron chi connectivity index (χ0n) is 8.27. The van der Waals surface area contributed by atoms with Gasteiger partial charge in [-0.05, 0) is 19.1 Å². The molecule has 0 amide bonds. The highest BCUT2D eigenvalue weighted by Gasteiger charge is 2.22. The molecule has 1 aliphatic rings. The summed E-state index contributed by atoms with van der Waals surface area (Å²) in [7, 11) is 0. The van der Waals surface area contributed by atoms with Crippen molar-refractivity contribution in [1.29, 1.82) is 0 Å². The number of hydrogen-bond donors (Lipinski definition) is 1. The van der Waals surface area contributed by atoms with Crippen molar-refractivity contribution >= 4 is 11.8 Å². The Kier molecular flexibility index (Phi) is 3.13. The molecule has 1 aliphatic heterocycles. The first kappa shape index (κ1) is 10.1. The van der Waals surface area contributed by atoms with Crippen molar-refractivity contribution in [3.8, 4) is 0 Å². The summed E-state index contributed by atoms with van der Waals surface area (Å²) in [6.45, 7) is 1.76. The number of aliphatic hydroxyl groups is 1. The lowest BCUT2D eigenvalue weighted by molar-refractivity contribution is 0.186. The lowest BCUT2D eigenvalue weighted by Gasteiger charge is -2.02. The molecular weight excluding hydrogens is 198 g/mol. The third-order valence-electron chi connectivity index (χ3n) is 2.35. The summed E-state index contributed by atoms with van der Waals surface area (Å²) in [5.74, 6) is 4.47. The highest BCUT2D eigenvalue weighted by molar-refractivity contribution is 7.99. The quantitative estimate of drug-likeness (QED) is 0.832. The molecule has 0 bridgehead atoms. The van der Waals surface area contributed by atoms with Crippen LogP contribution < -0.4 is 0 Å². The monoisotopic (exact) mass is 213 g/mol. The number of aliphatic hydroxyl groups excluding tert-OH is 1. The maximum Gasteiger partial charge on any atom is 0.198 e. The summed E-state index contributed by atoms with van der Waals surface area (Å²) in [5.41, 5.74) is 0. The standard InChI is InChI=1S/C10H15NO2S/c1-7(12)4-9-5-11-10(13-9)8-2-3-14-6-8/h5,7-8,12H,2-4,6H2,1H3. The summed E-state index contributed by atoms with van der Waals surface area (Å²) in [6.07, 6.45) is 3.12. The van der Waals surface area contributed by atoms with E-state index in [-0.39, 0.29) is 6.10 Å². The van der Waals surface area contributed by atoms with Gasteiger partial charge >= 0.3 is 0 Å². The van der Waals surface area contributed by atoms with Gasteiger partial charge in [-0.2, -0.15) is 11.8 Å². The Morgan fingerprint density at radius 2 is 2.64 bits per heavy atom. The molecule has 2 rings (SSSR count). The smallest absolute Gasteiger partial charge is 0.198 e. The average molecular weight is 213 g/mol. The lowest BCUT2D eigenvalue weighted by Crippen LogP contribution is -2.02. The van der Waals surface area contributed by atoms with Gasteiger partial charge in [0, 0.05) is 18.1 Å². The van der Waals surface area contributed by atoms with Gasteiger partial charge in [0.2, 0.25) is 0 Å². The number of oxazole rings is 1. The van der Waals surface area contributed by atoms with Crippen LogP contribution in [0.15, 0.2) is 10.6 Å². The molecule has 3 nitrogen and oxygen atoms in total. The topological polar surface area (TPSA) is 46.3 Å². The van der Waals surface area contributed by atoms with Crippen molar-refractivity contribution in [2.75, 3.05) is 11.5 Å². The summed E-state index contributed by atoms with van der Waals surface area (Å²) in [4.78, 5) is 4.26. The van der Waals surface area contributed by atoms with E-state index in [9.17, 15) is 5.11 Å². The van der Waals surface area contributed by atoms with Crippen LogP contribution in [0.1, 0.15) is 30.9 Å². The molecule has 1 N–H and O–H groups in total. The van der Waals surface area contributed by atoms with Gasteiger partial charge in [0.1, 0.15) is 5.76 Å². The second-order valence-electron chi connectivity index (χ2n) is 3.78. The minimum Gasteiger partial charge on any atom is -0.445 e. The van der Waals surface area contributed by atoms with Crippen LogP contribution in [-0.2, 0) is 6.42 Å². The van der Waals surface area contributed by atoms with Crippen LogP contribution in [0, 0.1) is 0 Å². The Morgan fingerprint density at radius 3 is 3.29 bits per heavy atom. The second kappa shape index (κ2) is 4.36. The highest BCUT2D eigenvalue weighted by Crippen LogP contribution is 2.31. The Balaban J connectivity index is 2.01. The molecule has 1 aromatic rings. The fourth-order valence-electron chi connectivity index (χ4n) is 1.63. The summed E-state index contributed by atoms with van der Waals surface area (Å²) in [5, 5.41) is 9.19. The fraction of sp³-hybridized carbons (Fsp3) is 0.700. The number of rotatable bonds is 3. The molecule has 1 aromatic heterocycles. The van der Waals surface area contributed by atoms with Crippen molar-refractivity contribution in [3.63, 3.8) is 0 Å². The predicted molar refractivity (Wildman–Crippen MR) is 56.6 cm³/mol. The largest absolute Gasteiger partial charge is 0.445 e. The summed E-state index contributed by atoms with van der Waals surface area (Å²) in [6, 6.07) is 0. The molecule has 0 aliphatic carbocycles. The van der Waals surface area contributed by atoms with Gasteiger partial charge in [-0.3, -0.25) is 0 Å². The van der Waals surface area contributed by atoms with E-state index in [4.69, 9.17) is 4.42 Å². The van der Waals surface area contributed by atoms with E-state index in [1.807, 2.05) is 11.8 Å². The third kappa shape index (κ3) is 2.30. The number of hydrogen-bond acceptors (Lipinski definition) is 4. The third-order valence-corrected chi connectivity index (χ3v) is 3.51. The van der Waals surface area contributed by atoms with Gasteiger partial charge < -0.3 is 9.52 Å². The van der Waals surface area contributed by atoms with Crippen molar-refractivity contribution in [2.24, 2.45) is 0 Å². The van der Waals surface area contributed by atoms with Crippen LogP contribution in [0.2, 0.25) is 0 Å². The van der Waals surface area contributed by atoms with Crippen molar-refractivity contribution in [3.05, 3.63) is 17.8 Å². The summed E-state index contributed by atoms with van der Waals surface area (Å²) >= 11 is 1.95. The minimum atomic E-state index is -0.353. The second-order valence-corrected chi connectivity index (χ2v) is 4.93. The predicted octanol–water partition coefficient (Wildman–Crippen LogP) is 1.82. The van der Waals surface area contributed by atoms with Crippen LogP contribution in [0.4, 0.5) is 0 Å². The van der Waals surface area contributed by atoms with Gasteiger partial charge in [0.25, 0.3) is 0 Å². The van der Waals surface area contributed by atoms with E-state index < -0.39 is 0 Å². The first-order valence-corrected chi connectivity index (χ1v) is 6.11. The molecule has 14 heavy (non-hydrogen) atoms. The molecule has 2 atom stereocenters. The number of aromatic nitrogens is 1. The Hall–Kier alpha value is -0.480. The van der Waals surface area contributed by atoms with E-state index in [0.717, 1.165) is 17.4 Å². The zero-order chi connectivity index (χ0) is 9.97. The van der Waals surface area contributed by atoms with Crippen LogP contribution >= 0.6 is 11.8 Å². The number of nitrogens with zero attached hydrogens (tertiary/aromatic N) is 1. The maximum absolute atomic E-state index is 9.19. The van der Waals surface area contributed by atoms with Gasteiger partial charge in [0.05, 0.1) is 12.3 Å². The average Bonchev–Trinajstić information content (AvgIpc) is 2.69. The van der Waals surface area contributed by atoms with Crippen LogP contribution in [0.5, 0.6) is 0 Å². The van der Waals surface area contributed by atoms with Crippen molar-refractivity contribution in [2.45, 2.75) is 31.8 Å². The molecule has 2 heterocycles.